The van der Waals surface area contributed by atoms with E-state index in [0.717, 1.165) is 0 Å². The fraction of sp³-hybridized carbons (Fsp3) is 0.857. The molecule has 2 nitrogen and oxygen atoms in total. The molecule has 62 valence electrons. The highest BCUT2D eigenvalue weighted by Gasteiger charge is 2.69. The Morgan fingerprint density at radius 1 is 1.45 bits per heavy atom. The molecule has 0 aromatic carbocycles. The first-order valence-corrected chi connectivity index (χ1v) is 5.31. The maximum atomic E-state index is 10.6. The quantitative estimate of drug-likeness (QED) is 0.684. The van der Waals surface area contributed by atoms with E-state index in [0.29, 0.717) is 0 Å². The highest BCUT2D eigenvalue weighted by Crippen LogP contribution is 2.73. The first-order valence-electron chi connectivity index (χ1n) is 3.55. The maximum absolute atomic E-state index is 10.6. The van der Waals surface area contributed by atoms with Crippen LogP contribution in [0.15, 0.2) is 0 Å². The van der Waals surface area contributed by atoms with Crippen molar-refractivity contribution in [2.24, 2.45) is 0 Å². The molecular formula is C7H10O2S2. The predicted molar refractivity (Wildman–Crippen MR) is 48.0 cm³/mol. The van der Waals surface area contributed by atoms with Crippen LogP contribution in [-0.4, -0.2) is 25.2 Å². The van der Waals surface area contributed by atoms with Gasteiger partial charge in [-0.2, -0.15) is 0 Å². The van der Waals surface area contributed by atoms with Gasteiger partial charge in [-0.1, -0.05) is 0 Å². The normalized spacial score (nSPS) is 53.8. The molecule has 0 aromatic rings. The van der Waals surface area contributed by atoms with Crippen LogP contribution in [-0.2, 0) is 4.79 Å². The van der Waals surface area contributed by atoms with Gasteiger partial charge in [-0.15, -0.1) is 23.5 Å². The van der Waals surface area contributed by atoms with Gasteiger partial charge in [-0.05, 0) is 20.3 Å². The number of carboxylic acid groups (broad SMARTS) is 1. The fourth-order valence-corrected chi connectivity index (χ4v) is 5.77. The van der Waals surface area contributed by atoms with Crippen LogP contribution in [0.25, 0.3) is 0 Å². The van der Waals surface area contributed by atoms with Crippen molar-refractivity contribution in [3.05, 3.63) is 0 Å². The Kier molecular flexibility index (Phi) is 1.35. The molecule has 1 aliphatic heterocycles. The van der Waals surface area contributed by atoms with Crippen LogP contribution in [0.2, 0.25) is 0 Å². The van der Waals surface area contributed by atoms with Crippen LogP contribution in [0.5, 0.6) is 0 Å². The lowest BCUT2D eigenvalue weighted by molar-refractivity contribution is -0.134. The van der Waals surface area contributed by atoms with E-state index in [-0.39, 0.29) is 14.1 Å². The molecule has 0 aromatic heterocycles. The predicted octanol–water partition coefficient (Wildman–Crippen LogP) is 1.80. The minimum absolute atomic E-state index is 0.223. The smallest absolute Gasteiger partial charge is 0.326 e. The summed E-state index contributed by atoms with van der Waals surface area (Å²) in [6, 6.07) is 0. The summed E-state index contributed by atoms with van der Waals surface area (Å²) in [7, 11) is 0. The summed E-state index contributed by atoms with van der Waals surface area (Å²) in [6.45, 7) is 4.32. The number of aliphatic carboxylic acids is 1. The molecule has 1 saturated carbocycles. The second-order valence-electron chi connectivity index (χ2n) is 3.54. The lowest BCUT2D eigenvalue weighted by atomic mass is 10.4. The minimum atomic E-state index is -0.672. The highest BCUT2D eigenvalue weighted by atomic mass is 32.2. The molecule has 0 radical (unpaired) electrons. The van der Waals surface area contributed by atoms with Crippen LogP contribution in [0.3, 0.4) is 0 Å². The van der Waals surface area contributed by atoms with Gasteiger partial charge in [0.2, 0.25) is 0 Å². The van der Waals surface area contributed by atoms with E-state index in [4.69, 9.17) is 5.11 Å². The lowest BCUT2D eigenvalue weighted by Gasteiger charge is -2.06. The Labute approximate surface area is 74.1 Å². The largest absolute Gasteiger partial charge is 0.480 e. The monoisotopic (exact) mass is 190 g/mol. The van der Waals surface area contributed by atoms with Crippen molar-refractivity contribution < 1.29 is 9.90 Å². The van der Waals surface area contributed by atoms with Crippen molar-refractivity contribution in [3.8, 4) is 0 Å². The number of hydrogen-bond acceptors (Lipinski definition) is 3. The zero-order chi connectivity index (χ0) is 8.28. The number of carboxylic acids is 1. The molecule has 4 heteroatoms. The summed E-state index contributed by atoms with van der Waals surface area (Å²) >= 11 is 3.22. The average Bonchev–Trinajstić information content (AvgIpc) is 2.23. The summed E-state index contributed by atoms with van der Waals surface area (Å²) in [5.74, 6) is -0.672. The zero-order valence-electron chi connectivity index (χ0n) is 6.46. The second-order valence-corrected chi connectivity index (χ2v) is 7.06. The van der Waals surface area contributed by atoms with Crippen LogP contribution < -0.4 is 0 Å². The molecule has 11 heavy (non-hydrogen) atoms. The molecule has 2 rings (SSSR count). The Hall–Kier alpha value is 0.170. The minimum Gasteiger partial charge on any atom is -0.480 e. The maximum Gasteiger partial charge on any atom is 0.326 e. The average molecular weight is 190 g/mol. The summed E-state index contributed by atoms with van der Waals surface area (Å²) < 4.78 is 0.278. The summed E-state index contributed by atoms with van der Waals surface area (Å²) in [4.78, 5) is 10.6. The molecule has 1 unspecified atom stereocenters. The second kappa shape index (κ2) is 1.91. The topological polar surface area (TPSA) is 37.3 Å². The molecule has 1 aliphatic carbocycles. The zero-order valence-corrected chi connectivity index (χ0v) is 8.09. The molecule has 1 heterocycles. The Bertz CT molecular complexity index is 214. The Balaban J connectivity index is 2.13. The van der Waals surface area contributed by atoms with Gasteiger partial charge in [0.25, 0.3) is 0 Å². The van der Waals surface area contributed by atoms with E-state index in [1.807, 2.05) is 0 Å². The van der Waals surface area contributed by atoms with Crippen molar-refractivity contribution in [3.63, 3.8) is 0 Å². The standard InChI is InChI=1S/C7H10O2S2/c1-6-3-7(6,2)11-5(10-6)4(8)9/h5H,3H2,1-2H3,(H,8,9)/t5?,6-,7+. The number of hydrogen-bond donors (Lipinski definition) is 1. The molecule has 2 aliphatic rings. The summed E-state index contributed by atoms with van der Waals surface area (Å²) in [5.41, 5.74) is 0. The van der Waals surface area contributed by atoms with E-state index in [2.05, 4.69) is 13.8 Å². The van der Waals surface area contributed by atoms with Gasteiger partial charge >= 0.3 is 5.97 Å². The number of rotatable bonds is 1. The third-order valence-corrected chi connectivity index (χ3v) is 6.37. The molecule has 3 atom stereocenters. The Morgan fingerprint density at radius 2 is 1.91 bits per heavy atom. The highest BCUT2D eigenvalue weighted by molar-refractivity contribution is 8.23. The van der Waals surface area contributed by atoms with E-state index in [9.17, 15) is 4.79 Å². The summed E-state index contributed by atoms with van der Waals surface area (Å²) in [5, 5.41) is 8.74. The van der Waals surface area contributed by atoms with Gasteiger partial charge in [0.05, 0.1) is 0 Å². The van der Waals surface area contributed by atoms with Crippen LogP contribution in [0.4, 0.5) is 0 Å². The van der Waals surface area contributed by atoms with Crippen LogP contribution in [0.1, 0.15) is 20.3 Å². The molecule has 1 saturated heterocycles. The first kappa shape index (κ1) is 7.80. The van der Waals surface area contributed by atoms with E-state index in [1.54, 1.807) is 23.5 Å². The van der Waals surface area contributed by atoms with E-state index >= 15 is 0 Å². The number of carbonyl (C=O) groups is 1. The number of thioether (sulfide) groups is 2. The molecule has 2 fully saturated rings. The van der Waals surface area contributed by atoms with Gasteiger partial charge in [0.15, 0.2) is 0 Å². The lowest BCUT2D eigenvalue weighted by Crippen LogP contribution is -2.11. The van der Waals surface area contributed by atoms with Crippen LogP contribution in [0, 0.1) is 0 Å². The molecule has 0 amide bonds. The molecular weight excluding hydrogens is 180 g/mol. The van der Waals surface area contributed by atoms with Crippen molar-refractivity contribution in [1.82, 2.24) is 0 Å². The molecule has 0 spiro atoms. The van der Waals surface area contributed by atoms with Crippen LogP contribution >= 0.6 is 23.5 Å². The van der Waals surface area contributed by atoms with Crippen molar-refractivity contribution >= 4 is 29.5 Å². The van der Waals surface area contributed by atoms with E-state index < -0.39 is 5.97 Å². The molecule has 0 bridgehead atoms. The summed E-state index contributed by atoms with van der Waals surface area (Å²) in [6.07, 6.45) is 1.17. The van der Waals surface area contributed by atoms with Gasteiger partial charge in [-0.25, -0.2) is 0 Å². The number of fused-ring (bicyclic) bond motifs is 1. The third kappa shape index (κ3) is 0.920. The van der Waals surface area contributed by atoms with Gasteiger partial charge in [-0.3, -0.25) is 4.79 Å². The third-order valence-electron chi connectivity index (χ3n) is 2.60. The SMILES string of the molecule is C[C@@]12C[C@]1(C)SC(C(=O)O)S2. The van der Waals surface area contributed by atoms with Crippen molar-refractivity contribution in [1.29, 1.82) is 0 Å². The first-order chi connectivity index (χ1) is 4.97. The van der Waals surface area contributed by atoms with Gasteiger partial charge in [0, 0.05) is 9.49 Å². The van der Waals surface area contributed by atoms with Crippen molar-refractivity contribution in [2.75, 3.05) is 0 Å². The molecule has 1 N–H and O–H groups in total. The Morgan fingerprint density at radius 3 is 2.18 bits per heavy atom. The van der Waals surface area contributed by atoms with Crippen molar-refractivity contribution in [2.45, 2.75) is 34.3 Å². The van der Waals surface area contributed by atoms with E-state index in [1.165, 1.54) is 6.42 Å². The van der Waals surface area contributed by atoms with Gasteiger partial charge in [0.1, 0.15) is 4.58 Å². The fourth-order valence-electron chi connectivity index (χ4n) is 1.53. The van der Waals surface area contributed by atoms with Gasteiger partial charge < -0.3 is 5.11 Å².